The zero-order valence-electron chi connectivity index (χ0n) is 14.6. The van der Waals surface area contributed by atoms with E-state index < -0.39 is 0 Å². The number of carbonyl (C=O) groups is 1. The highest BCUT2D eigenvalue weighted by molar-refractivity contribution is 6.04. The Morgan fingerprint density at radius 2 is 1.92 bits per heavy atom. The molecular formula is C18H22N4O3. The van der Waals surface area contributed by atoms with Gasteiger partial charge in [-0.05, 0) is 32.0 Å². The molecule has 25 heavy (non-hydrogen) atoms. The van der Waals surface area contributed by atoms with Crippen molar-refractivity contribution in [3.8, 4) is 0 Å². The van der Waals surface area contributed by atoms with Crippen molar-refractivity contribution < 1.29 is 9.53 Å². The molecule has 1 aliphatic rings. The fourth-order valence-electron chi connectivity index (χ4n) is 2.94. The van der Waals surface area contributed by atoms with Crippen molar-refractivity contribution in [3.05, 3.63) is 52.6 Å². The molecule has 0 radical (unpaired) electrons. The Balaban J connectivity index is 1.70. The summed E-state index contributed by atoms with van der Waals surface area (Å²) in [5.74, 6) is 0.571. The molecular weight excluding hydrogens is 320 g/mol. The number of anilines is 2. The van der Waals surface area contributed by atoms with Crippen LogP contribution in [-0.2, 0) is 11.8 Å². The van der Waals surface area contributed by atoms with E-state index in [0.29, 0.717) is 11.3 Å². The molecule has 0 spiro atoms. The minimum atomic E-state index is -0.263. The number of ether oxygens (including phenoxy) is 1. The van der Waals surface area contributed by atoms with Gasteiger partial charge >= 0.3 is 0 Å². The second-order valence-electron chi connectivity index (χ2n) is 6.39. The summed E-state index contributed by atoms with van der Waals surface area (Å²) >= 11 is 0. The molecule has 2 unspecified atom stereocenters. The van der Waals surface area contributed by atoms with E-state index in [1.54, 1.807) is 31.6 Å². The number of nitrogens with one attached hydrogen (secondary N) is 1. The lowest BCUT2D eigenvalue weighted by molar-refractivity contribution is -0.00546. The summed E-state index contributed by atoms with van der Waals surface area (Å²) in [6, 6.07) is 6.60. The van der Waals surface area contributed by atoms with Gasteiger partial charge in [-0.2, -0.15) is 0 Å². The number of aromatic nitrogens is 2. The summed E-state index contributed by atoms with van der Waals surface area (Å²) in [5.41, 5.74) is 0.900. The van der Waals surface area contributed by atoms with Gasteiger partial charge in [-0.25, -0.2) is 4.98 Å². The molecule has 1 aliphatic heterocycles. The van der Waals surface area contributed by atoms with Crippen molar-refractivity contribution in [2.75, 3.05) is 23.3 Å². The van der Waals surface area contributed by atoms with Crippen LogP contribution >= 0.6 is 0 Å². The third-order valence-corrected chi connectivity index (χ3v) is 4.10. The fourth-order valence-corrected chi connectivity index (χ4v) is 2.94. The van der Waals surface area contributed by atoms with Crippen LogP contribution in [0, 0.1) is 0 Å². The molecule has 1 amide bonds. The first-order valence-corrected chi connectivity index (χ1v) is 8.27. The van der Waals surface area contributed by atoms with Gasteiger partial charge in [0.15, 0.2) is 0 Å². The Hall–Kier alpha value is -2.67. The highest BCUT2D eigenvalue weighted by atomic mass is 16.5. The van der Waals surface area contributed by atoms with E-state index in [0.717, 1.165) is 18.9 Å². The minimum absolute atomic E-state index is 0.127. The molecule has 3 heterocycles. The predicted octanol–water partition coefficient (Wildman–Crippen LogP) is 1.65. The number of aryl methyl sites for hydroxylation is 1. The monoisotopic (exact) mass is 342 g/mol. The Morgan fingerprint density at radius 3 is 2.52 bits per heavy atom. The van der Waals surface area contributed by atoms with E-state index in [-0.39, 0.29) is 23.7 Å². The second-order valence-corrected chi connectivity index (χ2v) is 6.39. The molecule has 2 aromatic rings. The summed E-state index contributed by atoms with van der Waals surface area (Å²) < 4.78 is 7.14. The van der Waals surface area contributed by atoms with Gasteiger partial charge < -0.3 is 19.5 Å². The molecule has 0 bridgehead atoms. The third kappa shape index (κ3) is 4.06. The maximum Gasteiger partial charge on any atom is 0.257 e. The standard InChI is InChI=1S/C18H22N4O3/c1-12-9-22(10-13(2)25-12)16-6-4-14(8-19-16)18(24)20-15-5-7-17(23)21(3)11-15/h4-8,11-13H,9-10H2,1-3H3,(H,20,24). The molecule has 7 nitrogen and oxygen atoms in total. The van der Waals surface area contributed by atoms with Crippen molar-refractivity contribution >= 4 is 17.4 Å². The van der Waals surface area contributed by atoms with E-state index >= 15 is 0 Å². The molecule has 132 valence electrons. The number of carbonyl (C=O) groups excluding carboxylic acids is 1. The van der Waals surface area contributed by atoms with E-state index in [1.807, 2.05) is 19.9 Å². The molecule has 2 aromatic heterocycles. The number of morpholine rings is 1. The van der Waals surface area contributed by atoms with Gasteiger partial charge in [0.05, 0.1) is 23.5 Å². The summed E-state index contributed by atoms with van der Waals surface area (Å²) in [7, 11) is 1.64. The molecule has 2 atom stereocenters. The lowest BCUT2D eigenvalue weighted by Gasteiger charge is -2.36. The zero-order chi connectivity index (χ0) is 18.0. The maximum absolute atomic E-state index is 12.3. The van der Waals surface area contributed by atoms with Crippen LogP contribution in [0.2, 0.25) is 0 Å². The van der Waals surface area contributed by atoms with E-state index in [1.165, 1.54) is 10.6 Å². The van der Waals surface area contributed by atoms with Gasteiger partial charge in [0.25, 0.3) is 5.91 Å². The lowest BCUT2D eigenvalue weighted by Crippen LogP contribution is -2.45. The van der Waals surface area contributed by atoms with E-state index in [4.69, 9.17) is 4.74 Å². The Kier molecular flexibility index (Phi) is 4.85. The van der Waals surface area contributed by atoms with Crippen molar-refractivity contribution in [1.82, 2.24) is 9.55 Å². The molecule has 0 aromatic carbocycles. The smallest absolute Gasteiger partial charge is 0.257 e. The van der Waals surface area contributed by atoms with Crippen LogP contribution in [0.1, 0.15) is 24.2 Å². The number of amides is 1. The minimum Gasteiger partial charge on any atom is -0.372 e. The number of rotatable bonds is 3. The average Bonchev–Trinajstić information content (AvgIpc) is 2.57. The molecule has 0 saturated carbocycles. The Labute approximate surface area is 146 Å². The van der Waals surface area contributed by atoms with Gasteiger partial charge in [-0.3, -0.25) is 9.59 Å². The van der Waals surface area contributed by atoms with E-state index in [9.17, 15) is 9.59 Å². The summed E-state index contributed by atoms with van der Waals surface area (Å²) in [4.78, 5) is 30.3. The molecule has 1 saturated heterocycles. The van der Waals surface area contributed by atoms with Crippen LogP contribution < -0.4 is 15.8 Å². The lowest BCUT2D eigenvalue weighted by atomic mass is 10.2. The van der Waals surface area contributed by atoms with Crippen LogP contribution in [0.5, 0.6) is 0 Å². The first-order valence-electron chi connectivity index (χ1n) is 8.27. The van der Waals surface area contributed by atoms with Gasteiger partial charge in [0.2, 0.25) is 5.56 Å². The highest BCUT2D eigenvalue weighted by Crippen LogP contribution is 2.18. The van der Waals surface area contributed by atoms with Crippen molar-refractivity contribution in [1.29, 1.82) is 0 Å². The van der Waals surface area contributed by atoms with Crippen LogP contribution in [0.25, 0.3) is 0 Å². The van der Waals surface area contributed by atoms with Crippen molar-refractivity contribution in [2.24, 2.45) is 7.05 Å². The Bertz CT molecular complexity index is 806. The van der Waals surface area contributed by atoms with Crippen LogP contribution in [-0.4, -0.2) is 40.8 Å². The molecule has 1 fully saturated rings. The molecule has 0 aliphatic carbocycles. The third-order valence-electron chi connectivity index (χ3n) is 4.10. The molecule has 1 N–H and O–H groups in total. The largest absolute Gasteiger partial charge is 0.372 e. The number of pyridine rings is 2. The van der Waals surface area contributed by atoms with Crippen LogP contribution in [0.15, 0.2) is 41.5 Å². The van der Waals surface area contributed by atoms with Gasteiger partial charge in [-0.1, -0.05) is 0 Å². The number of nitrogens with zero attached hydrogens (tertiary/aromatic N) is 3. The molecule has 3 rings (SSSR count). The second kappa shape index (κ2) is 7.06. The van der Waals surface area contributed by atoms with E-state index in [2.05, 4.69) is 15.2 Å². The fraction of sp³-hybridized carbons (Fsp3) is 0.389. The normalized spacial score (nSPS) is 20.4. The average molecular weight is 342 g/mol. The summed E-state index contributed by atoms with van der Waals surface area (Å²) in [6.45, 7) is 5.64. The van der Waals surface area contributed by atoms with Gasteiger partial charge in [-0.15, -0.1) is 0 Å². The van der Waals surface area contributed by atoms with Crippen LogP contribution in [0.4, 0.5) is 11.5 Å². The summed E-state index contributed by atoms with van der Waals surface area (Å²) in [5, 5.41) is 2.77. The first-order chi connectivity index (χ1) is 11.9. The SMILES string of the molecule is CC1CN(c2ccc(C(=O)Nc3ccc(=O)n(C)c3)cn2)CC(C)O1. The summed E-state index contributed by atoms with van der Waals surface area (Å²) in [6.07, 6.45) is 3.45. The van der Waals surface area contributed by atoms with Gasteiger partial charge in [0.1, 0.15) is 5.82 Å². The quantitative estimate of drug-likeness (QED) is 0.918. The van der Waals surface area contributed by atoms with Gasteiger partial charge in [0, 0.05) is 38.6 Å². The van der Waals surface area contributed by atoms with Crippen molar-refractivity contribution in [2.45, 2.75) is 26.1 Å². The number of hydrogen-bond acceptors (Lipinski definition) is 5. The first kappa shape index (κ1) is 17.2. The maximum atomic E-state index is 12.3. The Morgan fingerprint density at radius 1 is 1.20 bits per heavy atom. The number of hydrogen-bond donors (Lipinski definition) is 1. The van der Waals surface area contributed by atoms with Crippen LogP contribution in [0.3, 0.4) is 0 Å². The predicted molar refractivity (Wildman–Crippen MR) is 96.1 cm³/mol. The van der Waals surface area contributed by atoms with Crippen molar-refractivity contribution in [3.63, 3.8) is 0 Å². The molecule has 7 heteroatoms. The topological polar surface area (TPSA) is 76.5 Å². The zero-order valence-corrected chi connectivity index (χ0v) is 14.6. The highest BCUT2D eigenvalue weighted by Gasteiger charge is 2.23.